The minimum absolute atomic E-state index is 0.0387. The first-order valence-electron chi connectivity index (χ1n) is 9.00. The summed E-state index contributed by atoms with van der Waals surface area (Å²) in [6.07, 6.45) is 0. The van der Waals surface area contributed by atoms with Crippen molar-refractivity contribution >= 4 is 38.6 Å². The summed E-state index contributed by atoms with van der Waals surface area (Å²) in [7, 11) is -3.51. The lowest BCUT2D eigenvalue weighted by Crippen LogP contribution is -2.50. The second-order valence-corrected chi connectivity index (χ2v) is 10.3. The Morgan fingerprint density at radius 3 is 2.45 bits per heavy atom. The van der Waals surface area contributed by atoms with Crippen LogP contribution in [0.15, 0.2) is 34.5 Å². The van der Waals surface area contributed by atoms with E-state index in [1.165, 1.54) is 27.8 Å². The zero-order chi connectivity index (χ0) is 21.2. The summed E-state index contributed by atoms with van der Waals surface area (Å²) in [5.41, 5.74) is 0.730. The van der Waals surface area contributed by atoms with Crippen LogP contribution in [-0.4, -0.2) is 61.2 Å². The zero-order valence-electron chi connectivity index (χ0n) is 16.1. The van der Waals surface area contributed by atoms with E-state index >= 15 is 0 Å². The first-order valence-corrected chi connectivity index (χ1v) is 11.3. The number of amides is 1. The van der Waals surface area contributed by atoms with E-state index in [4.69, 9.17) is 0 Å². The van der Waals surface area contributed by atoms with Crippen LogP contribution in [0.4, 0.5) is 11.4 Å². The molecule has 2 aromatic rings. The molecule has 9 nitrogen and oxygen atoms in total. The van der Waals surface area contributed by atoms with E-state index in [0.717, 1.165) is 10.4 Å². The van der Waals surface area contributed by atoms with Crippen LogP contribution in [0, 0.1) is 24.0 Å². The van der Waals surface area contributed by atoms with Crippen molar-refractivity contribution in [2.24, 2.45) is 0 Å². The van der Waals surface area contributed by atoms with Gasteiger partial charge in [0, 0.05) is 37.1 Å². The van der Waals surface area contributed by atoms with Gasteiger partial charge < -0.3 is 5.32 Å². The average molecular weight is 439 g/mol. The van der Waals surface area contributed by atoms with Crippen molar-refractivity contribution in [1.82, 2.24) is 9.21 Å². The first kappa shape index (κ1) is 21.4. The van der Waals surface area contributed by atoms with E-state index in [0.29, 0.717) is 17.3 Å². The van der Waals surface area contributed by atoms with E-state index < -0.39 is 14.9 Å². The SMILES string of the molecule is Cc1ccc(NC(=O)CN2CCN(S(=O)(=O)c3ccc(C)s3)CC2)c([N+](=O)[O-])c1. The molecular weight excluding hydrogens is 416 g/mol. The first-order chi connectivity index (χ1) is 13.7. The highest BCUT2D eigenvalue weighted by Gasteiger charge is 2.30. The molecule has 29 heavy (non-hydrogen) atoms. The van der Waals surface area contributed by atoms with Crippen LogP contribution in [0.1, 0.15) is 10.4 Å². The monoisotopic (exact) mass is 438 g/mol. The lowest BCUT2D eigenvalue weighted by Gasteiger charge is -2.33. The molecule has 0 spiro atoms. The summed E-state index contributed by atoms with van der Waals surface area (Å²) in [4.78, 5) is 25.8. The smallest absolute Gasteiger partial charge is 0.293 e. The van der Waals surface area contributed by atoms with Gasteiger partial charge in [0.25, 0.3) is 15.7 Å². The van der Waals surface area contributed by atoms with Crippen LogP contribution in [0.3, 0.4) is 0 Å². The number of sulfonamides is 1. The Bertz CT molecular complexity index is 1030. The molecule has 1 fully saturated rings. The summed E-state index contributed by atoms with van der Waals surface area (Å²) in [5.74, 6) is -0.373. The van der Waals surface area contributed by atoms with Gasteiger partial charge in [-0.1, -0.05) is 6.07 Å². The second kappa shape index (κ2) is 8.57. The summed E-state index contributed by atoms with van der Waals surface area (Å²) in [6.45, 7) is 5.04. The van der Waals surface area contributed by atoms with E-state index in [1.54, 1.807) is 25.1 Å². The lowest BCUT2D eigenvalue weighted by atomic mass is 10.2. The van der Waals surface area contributed by atoms with E-state index in [-0.39, 0.29) is 36.9 Å². The topological polar surface area (TPSA) is 113 Å². The third-order valence-corrected chi connectivity index (χ3v) is 8.00. The normalized spacial score (nSPS) is 15.9. The van der Waals surface area contributed by atoms with E-state index in [9.17, 15) is 23.3 Å². The summed E-state index contributed by atoms with van der Waals surface area (Å²) in [5, 5.41) is 13.8. The van der Waals surface area contributed by atoms with Crippen molar-refractivity contribution in [2.75, 3.05) is 38.0 Å². The highest BCUT2D eigenvalue weighted by molar-refractivity contribution is 7.91. The van der Waals surface area contributed by atoms with Gasteiger partial charge >= 0.3 is 0 Å². The molecule has 1 N–H and O–H groups in total. The largest absolute Gasteiger partial charge is 0.319 e. The Hall–Kier alpha value is -2.34. The Balaban J connectivity index is 1.57. The molecule has 3 rings (SSSR count). The van der Waals surface area contributed by atoms with Crippen LogP contribution >= 0.6 is 11.3 Å². The van der Waals surface area contributed by atoms with Gasteiger partial charge in [-0.05, 0) is 37.6 Å². The number of thiophene rings is 1. The van der Waals surface area contributed by atoms with Crippen molar-refractivity contribution in [3.05, 3.63) is 50.9 Å². The zero-order valence-corrected chi connectivity index (χ0v) is 17.8. The fourth-order valence-electron chi connectivity index (χ4n) is 3.10. The predicted molar refractivity (Wildman–Crippen MR) is 111 cm³/mol. The van der Waals surface area contributed by atoms with Crippen LogP contribution < -0.4 is 5.32 Å². The average Bonchev–Trinajstić information content (AvgIpc) is 3.10. The number of nitrogens with one attached hydrogen (secondary N) is 1. The predicted octanol–water partition coefficient (Wildman–Crippen LogP) is 2.22. The molecular formula is C18H22N4O5S2. The van der Waals surface area contributed by atoms with Gasteiger partial charge in [-0.15, -0.1) is 11.3 Å². The number of hydrogen-bond donors (Lipinski definition) is 1. The molecule has 156 valence electrons. The Labute approximate surface area is 173 Å². The third kappa shape index (κ3) is 4.99. The molecule has 11 heteroatoms. The van der Waals surface area contributed by atoms with Crippen LogP contribution in [0.5, 0.6) is 0 Å². The number of nitro benzene ring substituents is 1. The number of hydrogen-bond acceptors (Lipinski definition) is 7. The number of aryl methyl sites for hydroxylation is 2. The minimum Gasteiger partial charge on any atom is -0.319 e. The number of benzene rings is 1. The van der Waals surface area contributed by atoms with Crippen molar-refractivity contribution in [2.45, 2.75) is 18.1 Å². The second-order valence-electron chi connectivity index (χ2n) is 6.87. The number of rotatable bonds is 6. The van der Waals surface area contributed by atoms with Gasteiger partial charge in [-0.2, -0.15) is 4.31 Å². The van der Waals surface area contributed by atoms with Gasteiger partial charge in [-0.25, -0.2) is 8.42 Å². The summed E-state index contributed by atoms with van der Waals surface area (Å²) < 4.78 is 27.1. The van der Waals surface area contributed by atoms with Gasteiger partial charge in [0.05, 0.1) is 11.5 Å². The molecule has 1 aromatic heterocycles. The number of nitro groups is 1. The third-order valence-electron chi connectivity index (χ3n) is 4.63. The van der Waals surface area contributed by atoms with Crippen LogP contribution in [0.25, 0.3) is 0 Å². The molecule has 1 aromatic carbocycles. The van der Waals surface area contributed by atoms with E-state index in [1.807, 2.05) is 11.8 Å². The molecule has 0 aliphatic carbocycles. The molecule has 2 heterocycles. The Morgan fingerprint density at radius 1 is 1.17 bits per heavy atom. The number of carbonyl (C=O) groups excluding carboxylic acids is 1. The minimum atomic E-state index is -3.51. The maximum atomic E-state index is 12.7. The van der Waals surface area contributed by atoms with Gasteiger partial charge in [-0.3, -0.25) is 19.8 Å². The highest BCUT2D eigenvalue weighted by Crippen LogP contribution is 2.26. The fraction of sp³-hybridized carbons (Fsp3) is 0.389. The fourth-order valence-corrected chi connectivity index (χ4v) is 5.96. The van der Waals surface area contributed by atoms with Gasteiger partial charge in [0.15, 0.2) is 0 Å². The summed E-state index contributed by atoms with van der Waals surface area (Å²) in [6, 6.07) is 8.01. The number of carbonyl (C=O) groups is 1. The molecule has 0 bridgehead atoms. The maximum Gasteiger partial charge on any atom is 0.293 e. The van der Waals surface area contributed by atoms with E-state index in [2.05, 4.69) is 5.32 Å². The lowest BCUT2D eigenvalue weighted by molar-refractivity contribution is -0.384. The highest BCUT2D eigenvalue weighted by atomic mass is 32.2. The molecule has 1 aliphatic heterocycles. The molecule has 1 saturated heterocycles. The molecule has 0 atom stereocenters. The number of anilines is 1. The van der Waals surface area contributed by atoms with Crippen molar-refractivity contribution in [3.8, 4) is 0 Å². The van der Waals surface area contributed by atoms with Crippen LogP contribution in [-0.2, 0) is 14.8 Å². The molecule has 0 saturated carbocycles. The van der Waals surface area contributed by atoms with Gasteiger partial charge in [0.1, 0.15) is 9.90 Å². The van der Waals surface area contributed by atoms with Gasteiger partial charge in [0.2, 0.25) is 5.91 Å². The number of nitrogens with zero attached hydrogens (tertiary/aromatic N) is 3. The molecule has 1 aliphatic rings. The quantitative estimate of drug-likeness (QED) is 0.547. The van der Waals surface area contributed by atoms with Crippen molar-refractivity contribution < 1.29 is 18.1 Å². The number of piperazine rings is 1. The Kier molecular flexibility index (Phi) is 6.32. The Morgan fingerprint density at radius 2 is 1.86 bits per heavy atom. The summed E-state index contributed by atoms with van der Waals surface area (Å²) >= 11 is 1.24. The van der Waals surface area contributed by atoms with Crippen molar-refractivity contribution in [1.29, 1.82) is 0 Å². The van der Waals surface area contributed by atoms with Crippen molar-refractivity contribution in [3.63, 3.8) is 0 Å². The molecule has 1 amide bonds. The standard InChI is InChI=1S/C18H22N4O5S2/c1-13-3-5-15(16(11-13)22(24)25)19-17(23)12-20-7-9-21(10-8-20)29(26,27)18-6-4-14(2)28-18/h3-6,11H,7-10,12H2,1-2H3,(H,19,23). The molecule has 0 unspecified atom stereocenters. The van der Waals surface area contributed by atoms with Crippen LogP contribution in [0.2, 0.25) is 0 Å². The maximum absolute atomic E-state index is 12.7. The molecule has 0 radical (unpaired) electrons.